The summed E-state index contributed by atoms with van der Waals surface area (Å²) < 4.78 is 0. The van der Waals surface area contributed by atoms with Crippen LogP contribution in [-0.2, 0) is 0 Å². The summed E-state index contributed by atoms with van der Waals surface area (Å²) in [4.78, 5) is 24.1. The third-order valence-electron chi connectivity index (χ3n) is 3.78. The van der Waals surface area contributed by atoms with E-state index in [1.165, 1.54) is 13.0 Å². The Kier molecular flexibility index (Phi) is 3.83. The molecular weight excluding hydrogens is 244 g/mol. The molecule has 1 saturated heterocycles. The normalized spacial score (nSPS) is 18.6. The fraction of sp³-hybridized carbons (Fsp3) is 0.500. The van der Waals surface area contributed by atoms with Gasteiger partial charge in [-0.15, -0.1) is 0 Å². The average Bonchev–Trinajstić information content (AvgIpc) is 2.86. The molecule has 0 bridgehead atoms. The molecule has 0 aliphatic carbocycles. The summed E-state index contributed by atoms with van der Waals surface area (Å²) in [6, 6.07) is 4.83. The number of Topliss-reactive ketones (excluding diaryl/α,β-unsaturated/α-hetero) is 1. The number of carbonyl (C=O) groups excluding carboxylic acids is 1. The highest BCUT2D eigenvalue weighted by Crippen LogP contribution is 2.29. The minimum Gasteiger partial charge on any atom is -0.371 e. The molecule has 1 aromatic rings. The second kappa shape index (κ2) is 5.38. The molecule has 5 nitrogen and oxygen atoms in total. The molecule has 0 spiro atoms. The Morgan fingerprint density at radius 1 is 1.53 bits per heavy atom. The van der Waals surface area contributed by atoms with Gasteiger partial charge >= 0.3 is 0 Å². The molecule has 1 heterocycles. The molecule has 1 fully saturated rings. The number of hydrogen-bond acceptors (Lipinski definition) is 4. The van der Waals surface area contributed by atoms with E-state index in [0.717, 1.165) is 31.6 Å². The van der Waals surface area contributed by atoms with Crippen LogP contribution < -0.4 is 4.90 Å². The van der Waals surface area contributed by atoms with Gasteiger partial charge in [-0.05, 0) is 31.4 Å². The number of rotatable bonds is 4. The van der Waals surface area contributed by atoms with Gasteiger partial charge in [0.2, 0.25) is 0 Å². The van der Waals surface area contributed by atoms with Crippen molar-refractivity contribution in [3.8, 4) is 0 Å². The van der Waals surface area contributed by atoms with Gasteiger partial charge in [0.1, 0.15) is 0 Å². The maximum Gasteiger partial charge on any atom is 0.280 e. The molecule has 0 saturated carbocycles. The van der Waals surface area contributed by atoms with E-state index in [-0.39, 0.29) is 17.0 Å². The van der Waals surface area contributed by atoms with E-state index in [1.807, 2.05) is 0 Å². The Labute approximate surface area is 112 Å². The highest BCUT2D eigenvalue weighted by Gasteiger charge is 2.24. The topological polar surface area (TPSA) is 63.4 Å². The van der Waals surface area contributed by atoms with Crippen LogP contribution in [0, 0.1) is 16.0 Å². The summed E-state index contributed by atoms with van der Waals surface area (Å²) in [6.45, 7) is 5.45. The quantitative estimate of drug-likeness (QED) is 0.475. The van der Waals surface area contributed by atoms with Crippen molar-refractivity contribution in [1.82, 2.24) is 0 Å². The van der Waals surface area contributed by atoms with E-state index in [4.69, 9.17) is 0 Å². The molecule has 0 N–H and O–H groups in total. The van der Waals surface area contributed by atoms with Crippen LogP contribution in [-0.4, -0.2) is 23.8 Å². The largest absolute Gasteiger partial charge is 0.371 e. The Morgan fingerprint density at radius 2 is 2.26 bits per heavy atom. The Morgan fingerprint density at radius 3 is 2.79 bits per heavy atom. The van der Waals surface area contributed by atoms with Gasteiger partial charge < -0.3 is 4.90 Å². The van der Waals surface area contributed by atoms with Gasteiger partial charge in [-0.2, -0.15) is 0 Å². The van der Waals surface area contributed by atoms with Gasteiger partial charge in [0.15, 0.2) is 5.78 Å². The second-order valence-corrected chi connectivity index (χ2v) is 5.02. The third kappa shape index (κ3) is 2.75. The summed E-state index contributed by atoms with van der Waals surface area (Å²) in [6.07, 6.45) is 2.28. The summed E-state index contributed by atoms with van der Waals surface area (Å²) >= 11 is 0. The van der Waals surface area contributed by atoms with Gasteiger partial charge in [-0.25, -0.2) is 0 Å². The zero-order chi connectivity index (χ0) is 14.0. The first kappa shape index (κ1) is 13.5. The minimum absolute atomic E-state index is 0.109. The number of anilines is 1. The molecule has 1 aliphatic rings. The SMILES string of the molecule is CCC1CCN(c2ccc([N+](=O)[O-])c(C(C)=O)c2)C1. The standard InChI is InChI=1S/C14H18N2O3/c1-3-11-6-7-15(9-11)12-4-5-14(16(18)19)13(8-12)10(2)17/h4-5,8,11H,3,6-7,9H2,1-2H3. The smallest absolute Gasteiger partial charge is 0.280 e. The molecule has 1 aromatic carbocycles. The second-order valence-electron chi connectivity index (χ2n) is 5.02. The van der Waals surface area contributed by atoms with Crippen molar-refractivity contribution < 1.29 is 9.72 Å². The van der Waals surface area contributed by atoms with Gasteiger partial charge in [-0.3, -0.25) is 14.9 Å². The summed E-state index contributed by atoms with van der Waals surface area (Å²) in [7, 11) is 0. The molecule has 2 rings (SSSR count). The zero-order valence-corrected chi connectivity index (χ0v) is 11.3. The average molecular weight is 262 g/mol. The molecule has 1 unspecified atom stereocenters. The van der Waals surface area contributed by atoms with Crippen LogP contribution in [0.2, 0.25) is 0 Å². The van der Waals surface area contributed by atoms with Crippen LogP contribution in [0.25, 0.3) is 0 Å². The van der Waals surface area contributed by atoms with Crippen molar-refractivity contribution in [3.63, 3.8) is 0 Å². The number of ketones is 1. The molecule has 5 heteroatoms. The number of hydrogen-bond donors (Lipinski definition) is 0. The van der Waals surface area contributed by atoms with Crippen LogP contribution in [0.1, 0.15) is 37.0 Å². The van der Waals surface area contributed by atoms with E-state index in [2.05, 4.69) is 11.8 Å². The summed E-state index contributed by atoms with van der Waals surface area (Å²) in [5, 5.41) is 10.9. The molecule has 102 valence electrons. The molecule has 1 atom stereocenters. The van der Waals surface area contributed by atoms with Crippen molar-refractivity contribution in [1.29, 1.82) is 0 Å². The minimum atomic E-state index is -0.501. The molecular formula is C14H18N2O3. The van der Waals surface area contributed by atoms with Crippen molar-refractivity contribution >= 4 is 17.2 Å². The van der Waals surface area contributed by atoms with Gasteiger partial charge in [0, 0.05) is 24.8 Å². The van der Waals surface area contributed by atoms with Crippen LogP contribution in [0.4, 0.5) is 11.4 Å². The van der Waals surface area contributed by atoms with E-state index in [1.54, 1.807) is 12.1 Å². The molecule has 0 aromatic heterocycles. The molecule has 0 amide bonds. The van der Waals surface area contributed by atoms with E-state index >= 15 is 0 Å². The van der Waals surface area contributed by atoms with Crippen LogP contribution >= 0.6 is 0 Å². The Balaban J connectivity index is 2.31. The lowest BCUT2D eigenvalue weighted by atomic mass is 10.1. The monoisotopic (exact) mass is 262 g/mol. The lowest BCUT2D eigenvalue weighted by Gasteiger charge is -2.19. The number of nitro groups is 1. The fourth-order valence-electron chi connectivity index (χ4n) is 2.56. The first-order valence-corrected chi connectivity index (χ1v) is 6.57. The van der Waals surface area contributed by atoms with Crippen molar-refractivity contribution in [2.24, 2.45) is 5.92 Å². The van der Waals surface area contributed by atoms with Gasteiger partial charge in [-0.1, -0.05) is 13.3 Å². The maximum atomic E-state index is 11.5. The number of benzene rings is 1. The van der Waals surface area contributed by atoms with Crippen molar-refractivity contribution in [2.45, 2.75) is 26.7 Å². The van der Waals surface area contributed by atoms with E-state index < -0.39 is 4.92 Å². The third-order valence-corrected chi connectivity index (χ3v) is 3.78. The highest BCUT2D eigenvalue weighted by atomic mass is 16.6. The number of carbonyl (C=O) groups is 1. The predicted molar refractivity (Wildman–Crippen MR) is 73.7 cm³/mol. The summed E-state index contributed by atoms with van der Waals surface area (Å²) in [5.41, 5.74) is 0.997. The van der Waals surface area contributed by atoms with Crippen LogP contribution in [0.3, 0.4) is 0 Å². The number of nitrogens with zero attached hydrogens (tertiary/aromatic N) is 2. The molecule has 0 radical (unpaired) electrons. The Bertz CT molecular complexity index is 513. The van der Waals surface area contributed by atoms with Crippen molar-refractivity contribution in [3.05, 3.63) is 33.9 Å². The van der Waals surface area contributed by atoms with Crippen molar-refractivity contribution in [2.75, 3.05) is 18.0 Å². The maximum absolute atomic E-state index is 11.5. The fourth-order valence-corrected chi connectivity index (χ4v) is 2.56. The lowest BCUT2D eigenvalue weighted by Crippen LogP contribution is -2.20. The summed E-state index contributed by atoms with van der Waals surface area (Å²) in [5.74, 6) is 0.413. The molecule has 19 heavy (non-hydrogen) atoms. The van der Waals surface area contributed by atoms with Crippen LogP contribution in [0.5, 0.6) is 0 Å². The highest BCUT2D eigenvalue weighted by molar-refractivity contribution is 5.99. The van der Waals surface area contributed by atoms with Crippen LogP contribution in [0.15, 0.2) is 18.2 Å². The van der Waals surface area contributed by atoms with E-state index in [0.29, 0.717) is 5.92 Å². The Hall–Kier alpha value is -1.91. The first-order valence-electron chi connectivity index (χ1n) is 6.57. The number of nitro benzene ring substituents is 1. The van der Waals surface area contributed by atoms with E-state index in [9.17, 15) is 14.9 Å². The predicted octanol–water partition coefficient (Wildman–Crippen LogP) is 3.03. The van der Waals surface area contributed by atoms with Gasteiger partial charge in [0.05, 0.1) is 10.5 Å². The molecule has 1 aliphatic heterocycles. The zero-order valence-electron chi connectivity index (χ0n) is 11.3. The lowest BCUT2D eigenvalue weighted by molar-refractivity contribution is -0.385. The first-order chi connectivity index (χ1) is 9.02. The van der Waals surface area contributed by atoms with Gasteiger partial charge in [0.25, 0.3) is 5.69 Å².